The van der Waals surface area contributed by atoms with Crippen LogP contribution in [0.1, 0.15) is 5.56 Å². The Morgan fingerprint density at radius 2 is 1.71 bits per heavy atom. The van der Waals surface area contributed by atoms with Crippen molar-refractivity contribution in [2.24, 2.45) is 0 Å². The van der Waals surface area contributed by atoms with Crippen molar-refractivity contribution in [2.45, 2.75) is 6.42 Å². The second kappa shape index (κ2) is 5.66. The predicted octanol–water partition coefficient (Wildman–Crippen LogP) is 3.01. The lowest BCUT2D eigenvalue weighted by atomic mass is 10.0. The average molecular weight is 326 g/mol. The Balaban J connectivity index is 2.44. The zero-order chi connectivity index (χ0) is 17.4. The third-order valence-electron chi connectivity index (χ3n) is 3.63. The van der Waals surface area contributed by atoms with Crippen LogP contribution < -0.4 is 5.43 Å². The van der Waals surface area contributed by atoms with Gasteiger partial charge in [-0.25, -0.2) is 0 Å². The van der Waals surface area contributed by atoms with Gasteiger partial charge in [0.1, 0.15) is 39.7 Å². The summed E-state index contributed by atoms with van der Waals surface area (Å²) in [5, 5.41) is 39.0. The van der Waals surface area contributed by atoms with E-state index in [4.69, 9.17) is 4.42 Å². The highest BCUT2D eigenvalue weighted by atomic mass is 16.3. The highest BCUT2D eigenvalue weighted by Crippen LogP contribution is 2.37. The topological polar surface area (TPSA) is 111 Å². The van der Waals surface area contributed by atoms with E-state index in [2.05, 4.69) is 6.58 Å². The van der Waals surface area contributed by atoms with Crippen LogP contribution in [0.3, 0.4) is 0 Å². The van der Waals surface area contributed by atoms with Crippen molar-refractivity contribution in [1.29, 1.82) is 0 Å². The van der Waals surface area contributed by atoms with Gasteiger partial charge in [-0.2, -0.15) is 0 Å². The predicted molar refractivity (Wildman–Crippen MR) is 88.5 cm³/mol. The summed E-state index contributed by atoms with van der Waals surface area (Å²) in [6.45, 7) is 3.60. The number of phenols is 4. The SMILES string of the molecule is C=CCc1c(-c2ccc(O)cc2O)oc2cc(O)cc(O)c2c1=O. The molecule has 24 heavy (non-hydrogen) atoms. The van der Waals surface area contributed by atoms with Crippen molar-refractivity contribution in [1.82, 2.24) is 0 Å². The van der Waals surface area contributed by atoms with E-state index in [1.165, 1.54) is 24.3 Å². The van der Waals surface area contributed by atoms with Gasteiger partial charge in [0.15, 0.2) is 0 Å². The standard InChI is InChI=1S/C18H14O6/c1-2-3-12-17(23)16-14(22)7-10(20)8-15(16)24-18(12)11-5-4-9(19)6-13(11)21/h2,4-8,19-22H,1,3H2. The van der Waals surface area contributed by atoms with Gasteiger partial charge in [-0.15, -0.1) is 6.58 Å². The van der Waals surface area contributed by atoms with Gasteiger partial charge in [-0.1, -0.05) is 6.08 Å². The smallest absolute Gasteiger partial charge is 0.200 e. The molecule has 0 bridgehead atoms. The zero-order valence-corrected chi connectivity index (χ0v) is 12.5. The van der Waals surface area contributed by atoms with E-state index in [0.717, 1.165) is 12.1 Å². The first-order valence-corrected chi connectivity index (χ1v) is 7.07. The molecule has 4 N–H and O–H groups in total. The molecule has 0 aliphatic carbocycles. The molecule has 3 aromatic rings. The molecule has 0 fully saturated rings. The Hall–Kier alpha value is -3.41. The summed E-state index contributed by atoms with van der Waals surface area (Å²) < 4.78 is 5.69. The van der Waals surface area contributed by atoms with E-state index in [-0.39, 0.29) is 51.5 Å². The lowest BCUT2D eigenvalue weighted by molar-refractivity contribution is 0.449. The molecule has 0 saturated heterocycles. The van der Waals surface area contributed by atoms with Crippen LogP contribution in [-0.2, 0) is 6.42 Å². The molecule has 1 aromatic heterocycles. The summed E-state index contributed by atoms with van der Waals surface area (Å²) in [4.78, 5) is 12.7. The number of hydrogen-bond donors (Lipinski definition) is 4. The van der Waals surface area contributed by atoms with Crippen molar-refractivity contribution in [3.63, 3.8) is 0 Å². The van der Waals surface area contributed by atoms with Crippen LogP contribution in [0.4, 0.5) is 0 Å². The van der Waals surface area contributed by atoms with Crippen LogP contribution in [0, 0.1) is 0 Å². The van der Waals surface area contributed by atoms with E-state index in [9.17, 15) is 25.2 Å². The molecular formula is C18H14O6. The minimum Gasteiger partial charge on any atom is -0.508 e. The fraction of sp³-hybridized carbons (Fsp3) is 0.0556. The molecule has 0 atom stereocenters. The Labute approximate surface area is 136 Å². The number of rotatable bonds is 3. The lowest BCUT2D eigenvalue weighted by Crippen LogP contribution is -2.10. The molecule has 0 radical (unpaired) electrons. The van der Waals surface area contributed by atoms with E-state index in [1.807, 2.05) is 0 Å². The van der Waals surface area contributed by atoms with Gasteiger partial charge in [0.2, 0.25) is 5.43 Å². The van der Waals surface area contributed by atoms with Gasteiger partial charge in [0.25, 0.3) is 0 Å². The minimum atomic E-state index is -0.490. The highest BCUT2D eigenvalue weighted by Gasteiger charge is 2.20. The fourth-order valence-electron chi connectivity index (χ4n) is 2.58. The molecule has 0 aliphatic heterocycles. The maximum Gasteiger partial charge on any atom is 0.200 e. The first-order chi connectivity index (χ1) is 11.4. The Morgan fingerprint density at radius 3 is 2.38 bits per heavy atom. The monoisotopic (exact) mass is 326 g/mol. The second-order valence-corrected chi connectivity index (χ2v) is 5.27. The van der Waals surface area contributed by atoms with E-state index < -0.39 is 11.2 Å². The van der Waals surface area contributed by atoms with Crippen molar-refractivity contribution in [3.05, 3.63) is 58.8 Å². The first-order valence-electron chi connectivity index (χ1n) is 7.07. The van der Waals surface area contributed by atoms with Gasteiger partial charge >= 0.3 is 0 Å². The number of benzene rings is 2. The molecule has 0 spiro atoms. The van der Waals surface area contributed by atoms with Gasteiger partial charge in [-0.3, -0.25) is 4.79 Å². The molecule has 3 rings (SSSR count). The molecule has 6 nitrogen and oxygen atoms in total. The molecule has 6 heteroatoms. The summed E-state index contributed by atoms with van der Waals surface area (Å²) >= 11 is 0. The number of fused-ring (bicyclic) bond motifs is 1. The number of allylic oxidation sites excluding steroid dienone is 1. The third kappa shape index (κ3) is 2.44. The quantitative estimate of drug-likeness (QED) is 0.551. The number of hydrogen-bond acceptors (Lipinski definition) is 6. The number of phenolic OH excluding ortho intramolecular Hbond substituents is 4. The number of aromatic hydroxyl groups is 4. The molecular weight excluding hydrogens is 312 g/mol. The largest absolute Gasteiger partial charge is 0.508 e. The van der Waals surface area contributed by atoms with Crippen LogP contribution in [0.15, 0.2) is 52.2 Å². The van der Waals surface area contributed by atoms with Crippen LogP contribution in [0.2, 0.25) is 0 Å². The Kier molecular flexibility index (Phi) is 3.65. The Bertz CT molecular complexity index is 1020. The van der Waals surface area contributed by atoms with Gasteiger partial charge in [0, 0.05) is 23.8 Å². The summed E-state index contributed by atoms with van der Waals surface area (Å²) in [6.07, 6.45) is 1.64. The van der Waals surface area contributed by atoms with Crippen molar-refractivity contribution in [2.75, 3.05) is 0 Å². The minimum absolute atomic E-state index is 0.0206. The normalized spacial score (nSPS) is 10.8. The van der Waals surface area contributed by atoms with Crippen LogP contribution in [-0.4, -0.2) is 20.4 Å². The Morgan fingerprint density at radius 1 is 1.00 bits per heavy atom. The molecule has 122 valence electrons. The van der Waals surface area contributed by atoms with Gasteiger partial charge in [0.05, 0.1) is 5.56 Å². The molecule has 0 unspecified atom stereocenters. The first kappa shape index (κ1) is 15.5. The van der Waals surface area contributed by atoms with E-state index in [1.54, 1.807) is 0 Å². The highest BCUT2D eigenvalue weighted by molar-refractivity contribution is 5.87. The zero-order valence-electron chi connectivity index (χ0n) is 12.5. The summed E-state index contributed by atoms with van der Waals surface area (Å²) in [6, 6.07) is 6.13. The van der Waals surface area contributed by atoms with Gasteiger partial charge < -0.3 is 24.8 Å². The molecule has 0 saturated carbocycles. The third-order valence-corrected chi connectivity index (χ3v) is 3.63. The summed E-state index contributed by atoms with van der Waals surface area (Å²) in [7, 11) is 0. The molecule has 0 aliphatic rings. The summed E-state index contributed by atoms with van der Waals surface area (Å²) in [5.74, 6) is -0.993. The van der Waals surface area contributed by atoms with Crippen LogP contribution in [0.25, 0.3) is 22.3 Å². The fourth-order valence-corrected chi connectivity index (χ4v) is 2.58. The van der Waals surface area contributed by atoms with E-state index >= 15 is 0 Å². The molecule has 1 heterocycles. The maximum absolute atomic E-state index is 12.7. The van der Waals surface area contributed by atoms with Crippen molar-refractivity contribution >= 4 is 11.0 Å². The molecule has 0 amide bonds. The molecule has 2 aromatic carbocycles. The van der Waals surface area contributed by atoms with Crippen molar-refractivity contribution < 1.29 is 24.8 Å². The van der Waals surface area contributed by atoms with Crippen LogP contribution >= 0.6 is 0 Å². The van der Waals surface area contributed by atoms with E-state index in [0.29, 0.717) is 0 Å². The second-order valence-electron chi connectivity index (χ2n) is 5.27. The van der Waals surface area contributed by atoms with Gasteiger partial charge in [-0.05, 0) is 18.6 Å². The van der Waals surface area contributed by atoms with Crippen molar-refractivity contribution in [3.8, 4) is 34.3 Å². The maximum atomic E-state index is 12.7. The van der Waals surface area contributed by atoms with Crippen LogP contribution in [0.5, 0.6) is 23.0 Å². The average Bonchev–Trinajstić information content (AvgIpc) is 2.49. The lowest BCUT2D eigenvalue weighted by Gasteiger charge is -2.11. The summed E-state index contributed by atoms with van der Waals surface area (Å²) in [5.41, 5.74) is -0.116.